The lowest BCUT2D eigenvalue weighted by Crippen LogP contribution is -2.15. The fourth-order valence-electron chi connectivity index (χ4n) is 0.356. The van der Waals surface area contributed by atoms with E-state index < -0.39 is 36.5 Å². The van der Waals surface area contributed by atoms with Crippen molar-refractivity contribution in [1.29, 1.82) is 0 Å². The monoisotopic (exact) mass is 226 g/mol. The average Bonchev–Trinajstić information content (AvgIpc) is 1.81. The summed E-state index contributed by atoms with van der Waals surface area (Å²) in [7, 11) is -4.86. The highest BCUT2D eigenvalue weighted by Gasteiger charge is 2.19. The van der Waals surface area contributed by atoms with Crippen LogP contribution in [0, 0.1) is 0 Å². The maximum absolute atomic E-state index is 11.4. The van der Waals surface area contributed by atoms with Crippen LogP contribution in [0.2, 0.25) is 0 Å². The van der Waals surface area contributed by atoms with E-state index in [4.69, 9.17) is 0 Å². The van der Waals surface area contributed by atoms with Crippen molar-refractivity contribution in [3.05, 3.63) is 0 Å². The van der Waals surface area contributed by atoms with Gasteiger partial charge < -0.3 is 0 Å². The lowest BCUT2D eigenvalue weighted by molar-refractivity contribution is -0.0554. The van der Waals surface area contributed by atoms with Gasteiger partial charge in [0.25, 0.3) is 0 Å². The van der Waals surface area contributed by atoms with Gasteiger partial charge in [0.15, 0.2) is 0 Å². The molecule has 0 radical (unpaired) electrons. The molecular weight excluding hydrogens is 220 g/mol. The highest BCUT2D eigenvalue weighted by atomic mass is 32.3. The Kier molecular flexibility index (Phi) is 5.18. The molecule has 0 aromatic heterocycles. The van der Waals surface area contributed by atoms with Gasteiger partial charge in [-0.2, -0.15) is 21.4 Å². The summed E-state index contributed by atoms with van der Waals surface area (Å²) in [6.07, 6.45) is -3.63. The Morgan fingerprint density at radius 2 is 1.69 bits per heavy atom. The maximum Gasteiger partial charge on any atom is 0.404 e. The quantitative estimate of drug-likeness (QED) is 0.637. The summed E-state index contributed by atoms with van der Waals surface area (Å²) in [5, 5.41) is 0. The first-order valence-corrected chi connectivity index (χ1v) is 4.31. The molecule has 0 amide bonds. The zero-order valence-electron chi connectivity index (χ0n) is 6.12. The molecule has 0 aromatic rings. The molecule has 0 aliphatic rings. The molecule has 13 heavy (non-hydrogen) atoms. The fraction of sp³-hybridized carbons (Fsp3) is 1.00. The molecule has 0 bridgehead atoms. The van der Waals surface area contributed by atoms with Gasteiger partial charge in [-0.05, 0) is 0 Å². The van der Waals surface area contributed by atoms with Crippen LogP contribution in [0.3, 0.4) is 0 Å². The van der Waals surface area contributed by atoms with E-state index >= 15 is 0 Å². The highest BCUT2D eigenvalue weighted by molar-refractivity contribution is 7.81. The molecular formula is C4H6F4O4S. The highest BCUT2D eigenvalue weighted by Crippen LogP contribution is 2.06. The molecule has 0 aliphatic carbocycles. The molecule has 0 aromatic carbocycles. The van der Waals surface area contributed by atoms with Crippen LogP contribution in [0.25, 0.3) is 0 Å². The average molecular weight is 226 g/mol. The number of rotatable bonds is 6. The van der Waals surface area contributed by atoms with Crippen LogP contribution >= 0.6 is 0 Å². The zero-order valence-corrected chi connectivity index (χ0v) is 6.94. The lowest BCUT2D eigenvalue weighted by atomic mass is 10.5. The third kappa shape index (κ3) is 7.94. The number of hydrogen-bond donors (Lipinski definition) is 0. The second-order valence-corrected chi connectivity index (χ2v) is 3.01. The van der Waals surface area contributed by atoms with Crippen molar-refractivity contribution in [2.45, 2.75) is 19.5 Å². The first-order chi connectivity index (χ1) is 5.83. The van der Waals surface area contributed by atoms with Crippen molar-refractivity contribution in [3.8, 4) is 0 Å². The minimum atomic E-state index is -4.86. The summed E-state index contributed by atoms with van der Waals surface area (Å²) in [6.45, 7) is -4.45. The topological polar surface area (TPSA) is 52.6 Å². The van der Waals surface area contributed by atoms with Gasteiger partial charge in [-0.3, -0.25) is 0 Å². The number of hydrogen-bond acceptors (Lipinski definition) is 4. The van der Waals surface area contributed by atoms with Crippen molar-refractivity contribution >= 4 is 10.4 Å². The third-order valence-corrected chi connectivity index (χ3v) is 1.59. The van der Waals surface area contributed by atoms with E-state index in [2.05, 4.69) is 8.37 Å². The normalized spacial score (nSPS) is 12.8. The van der Waals surface area contributed by atoms with Crippen molar-refractivity contribution in [2.75, 3.05) is 6.61 Å². The molecule has 0 unspecified atom stereocenters. The van der Waals surface area contributed by atoms with Gasteiger partial charge >= 0.3 is 17.0 Å². The van der Waals surface area contributed by atoms with Gasteiger partial charge in [-0.25, -0.2) is 13.0 Å². The predicted molar refractivity (Wildman–Crippen MR) is 32.6 cm³/mol. The Balaban J connectivity index is 3.77. The van der Waals surface area contributed by atoms with E-state index in [9.17, 15) is 26.0 Å². The molecule has 0 saturated carbocycles. The second-order valence-electron chi connectivity index (χ2n) is 1.77. The van der Waals surface area contributed by atoms with E-state index in [1.54, 1.807) is 0 Å². The zero-order chi connectivity index (χ0) is 10.5. The number of halogens is 4. The molecule has 0 spiro atoms. The second kappa shape index (κ2) is 5.35. The van der Waals surface area contributed by atoms with Gasteiger partial charge in [0.1, 0.15) is 0 Å². The van der Waals surface area contributed by atoms with Gasteiger partial charge in [0.2, 0.25) is 6.43 Å². The van der Waals surface area contributed by atoms with Gasteiger partial charge in [0, 0.05) is 6.42 Å². The Morgan fingerprint density at radius 1 is 1.15 bits per heavy atom. The standard InChI is InChI=1S/C4H6F4O4S/c5-3(6)1-2-11-13(9,10)12-4(7)8/h3-4H,1-2H2. The molecule has 80 valence electrons. The maximum atomic E-state index is 11.4. The van der Waals surface area contributed by atoms with E-state index in [0.717, 1.165) is 0 Å². The lowest BCUT2D eigenvalue weighted by Gasteiger charge is -2.03. The molecule has 0 aliphatic heterocycles. The van der Waals surface area contributed by atoms with Gasteiger partial charge in [-0.1, -0.05) is 0 Å². The molecule has 0 heterocycles. The van der Waals surface area contributed by atoms with Crippen molar-refractivity contribution in [2.24, 2.45) is 0 Å². The van der Waals surface area contributed by atoms with E-state index in [1.165, 1.54) is 0 Å². The molecule has 0 saturated heterocycles. The first-order valence-electron chi connectivity index (χ1n) is 2.97. The van der Waals surface area contributed by atoms with Crippen LogP contribution < -0.4 is 0 Å². The number of alkyl halides is 4. The largest absolute Gasteiger partial charge is 0.404 e. The predicted octanol–water partition coefficient (Wildman–Crippen LogP) is 1.14. The van der Waals surface area contributed by atoms with Crippen molar-refractivity contribution in [3.63, 3.8) is 0 Å². The molecule has 0 fully saturated rings. The van der Waals surface area contributed by atoms with Crippen LogP contribution in [0.1, 0.15) is 6.42 Å². The minimum Gasteiger partial charge on any atom is -0.248 e. The smallest absolute Gasteiger partial charge is 0.248 e. The Bertz CT molecular complexity index is 226. The Hall–Kier alpha value is -0.410. The summed E-state index contributed by atoms with van der Waals surface area (Å²) in [5.41, 5.74) is 0. The molecule has 0 N–H and O–H groups in total. The van der Waals surface area contributed by atoms with Crippen molar-refractivity contribution in [1.82, 2.24) is 0 Å². The van der Waals surface area contributed by atoms with Crippen LogP contribution in [0.15, 0.2) is 0 Å². The Morgan fingerprint density at radius 3 is 2.08 bits per heavy atom. The van der Waals surface area contributed by atoms with Gasteiger partial charge in [0.05, 0.1) is 6.61 Å². The van der Waals surface area contributed by atoms with E-state index in [-0.39, 0.29) is 0 Å². The van der Waals surface area contributed by atoms with Crippen LogP contribution in [0.5, 0.6) is 0 Å². The van der Waals surface area contributed by atoms with Crippen LogP contribution in [0.4, 0.5) is 17.6 Å². The summed E-state index contributed by atoms with van der Waals surface area (Å²) in [5.74, 6) is 0. The molecule has 4 nitrogen and oxygen atoms in total. The fourth-order valence-corrected chi connectivity index (χ4v) is 0.890. The third-order valence-electron chi connectivity index (χ3n) is 0.754. The van der Waals surface area contributed by atoms with Crippen molar-refractivity contribution < 1.29 is 34.3 Å². The SMILES string of the molecule is O=S(=O)(OCCC(F)F)OC(F)F. The first kappa shape index (κ1) is 12.6. The molecule has 0 atom stereocenters. The van der Waals surface area contributed by atoms with E-state index in [0.29, 0.717) is 0 Å². The summed E-state index contributed by atoms with van der Waals surface area (Å²) in [4.78, 5) is 0. The van der Waals surface area contributed by atoms with Gasteiger partial charge in [-0.15, -0.1) is 0 Å². The van der Waals surface area contributed by atoms with Crippen LogP contribution in [-0.2, 0) is 18.8 Å². The minimum absolute atomic E-state index is 0.869. The molecule has 9 heteroatoms. The summed E-state index contributed by atoms with van der Waals surface area (Å²) < 4.78 is 72.5. The Labute approximate surface area is 71.8 Å². The molecule has 0 rings (SSSR count). The summed E-state index contributed by atoms with van der Waals surface area (Å²) in [6, 6.07) is 0. The summed E-state index contributed by atoms with van der Waals surface area (Å²) >= 11 is 0. The van der Waals surface area contributed by atoms with E-state index in [1.807, 2.05) is 0 Å². The van der Waals surface area contributed by atoms with Crippen LogP contribution in [-0.4, -0.2) is 28.1 Å².